The lowest BCUT2D eigenvalue weighted by atomic mass is 10.2. The number of amides is 1. The number of nitrogens with one attached hydrogen (secondary N) is 1. The Labute approximate surface area is 185 Å². The molecule has 1 N–H and O–H groups in total. The number of aryl methyl sites for hydroxylation is 1. The summed E-state index contributed by atoms with van der Waals surface area (Å²) < 4.78 is 5.42. The van der Waals surface area contributed by atoms with Crippen molar-refractivity contribution < 1.29 is 9.53 Å². The maximum Gasteiger partial charge on any atom is 0.263 e. The van der Waals surface area contributed by atoms with E-state index < -0.39 is 0 Å². The Kier molecular flexibility index (Phi) is 6.38. The Balaban J connectivity index is 1.50. The summed E-state index contributed by atoms with van der Waals surface area (Å²) in [4.78, 5) is 35.5. The summed E-state index contributed by atoms with van der Waals surface area (Å²) in [5, 5.41) is 3.76. The summed E-state index contributed by atoms with van der Waals surface area (Å²) >= 11 is 1.38. The van der Waals surface area contributed by atoms with Crippen LogP contribution in [-0.2, 0) is 11.3 Å². The van der Waals surface area contributed by atoms with Crippen LogP contribution in [0.4, 0.5) is 11.9 Å². The molecule has 162 valence electrons. The molecular weight excluding hydrogens is 414 g/mol. The first-order valence-corrected chi connectivity index (χ1v) is 10.9. The van der Waals surface area contributed by atoms with E-state index in [-0.39, 0.29) is 12.5 Å². The van der Waals surface area contributed by atoms with Gasteiger partial charge in [-0.3, -0.25) is 4.79 Å². The second-order valence-electron chi connectivity index (χ2n) is 7.33. The van der Waals surface area contributed by atoms with Gasteiger partial charge < -0.3 is 19.9 Å². The van der Waals surface area contributed by atoms with Crippen LogP contribution >= 0.6 is 11.3 Å². The molecule has 1 amide bonds. The fourth-order valence-corrected chi connectivity index (χ4v) is 4.12. The average molecular weight is 440 g/mol. The molecule has 0 bridgehead atoms. The number of thiazole rings is 1. The van der Waals surface area contributed by atoms with Gasteiger partial charge in [0.15, 0.2) is 5.82 Å². The van der Waals surface area contributed by atoms with Crippen molar-refractivity contribution in [3.05, 3.63) is 46.7 Å². The first-order valence-electron chi connectivity index (χ1n) is 10.1. The fraction of sp³-hybridized carbons (Fsp3) is 0.381. The lowest BCUT2D eigenvalue weighted by Gasteiger charge is -2.27. The molecule has 1 aliphatic rings. The van der Waals surface area contributed by atoms with Gasteiger partial charge in [0.2, 0.25) is 11.9 Å². The highest BCUT2D eigenvalue weighted by Crippen LogP contribution is 2.27. The van der Waals surface area contributed by atoms with Crippen LogP contribution in [0.25, 0.3) is 10.6 Å². The second-order valence-corrected chi connectivity index (χ2v) is 8.33. The summed E-state index contributed by atoms with van der Waals surface area (Å²) in [5.41, 5.74) is 1.71. The standard InChI is InChI=1S/C21H25N7O2S/c1-14-17(31-19(23-14)15-7-5-4-6-8-15)18(29)22-13-16-24-20(27(2)3)26-21(25-16)28-9-11-30-12-10-28/h4-8H,9-13H2,1-3H3,(H,22,29). The minimum atomic E-state index is -0.183. The van der Waals surface area contributed by atoms with E-state index >= 15 is 0 Å². The molecule has 0 unspecified atom stereocenters. The highest BCUT2D eigenvalue weighted by molar-refractivity contribution is 7.17. The van der Waals surface area contributed by atoms with Crippen LogP contribution in [0.15, 0.2) is 30.3 Å². The first-order chi connectivity index (χ1) is 15.0. The number of aromatic nitrogens is 4. The maximum absolute atomic E-state index is 12.8. The van der Waals surface area contributed by atoms with Crippen molar-refractivity contribution in [3.63, 3.8) is 0 Å². The van der Waals surface area contributed by atoms with E-state index in [9.17, 15) is 4.79 Å². The molecule has 1 saturated heterocycles. The van der Waals surface area contributed by atoms with Crippen LogP contribution < -0.4 is 15.1 Å². The van der Waals surface area contributed by atoms with E-state index in [1.165, 1.54) is 11.3 Å². The van der Waals surface area contributed by atoms with Gasteiger partial charge in [0.05, 0.1) is 25.5 Å². The number of hydrogen-bond donors (Lipinski definition) is 1. The Hall–Kier alpha value is -3.11. The van der Waals surface area contributed by atoms with E-state index in [4.69, 9.17) is 4.74 Å². The molecule has 0 spiro atoms. The van der Waals surface area contributed by atoms with Gasteiger partial charge in [-0.25, -0.2) is 4.98 Å². The number of anilines is 2. The molecule has 1 aliphatic heterocycles. The Bertz CT molecular complexity index is 1050. The summed E-state index contributed by atoms with van der Waals surface area (Å²) in [6, 6.07) is 9.85. The predicted molar refractivity (Wildman–Crippen MR) is 121 cm³/mol. The molecule has 9 nitrogen and oxygen atoms in total. The van der Waals surface area contributed by atoms with Crippen molar-refractivity contribution in [2.75, 3.05) is 50.2 Å². The number of rotatable bonds is 6. The average Bonchev–Trinajstić information content (AvgIpc) is 3.20. The van der Waals surface area contributed by atoms with Gasteiger partial charge in [-0.1, -0.05) is 30.3 Å². The van der Waals surface area contributed by atoms with Crippen molar-refractivity contribution >= 4 is 29.1 Å². The fourth-order valence-electron chi connectivity index (χ4n) is 3.13. The molecule has 2 aromatic heterocycles. The molecule has 0 radical (unpaired) electrons. The number of morpholine rings is 1. The Morgan fingerprint density at radius 1 is 1.13 bits per heavy atom. The number of nitrogens with zero attached hydrogens (tertiary/aromatic N) is 6. The van der Waals surface area contributed by atoms with Crippen LogP contribution in [0, 0.1) is 6.92 Å². The third kappa shape index (κ3) is 4.97. The summed E-state index contributed by atoms with van der Waals surface area (Å²) in [6.45, 7) is 4.79. The molecule has 31 heavy (non-hydrogen) atoms. The number of carbonyl (C=O) groups is 1. The lowest BCUT2D eigenvalue weighted by molar-refractivity contribution is 0.0953. The van der Waals surface area contributed by atoms with Crippen LogP contribution in [0.3, 0.4) is 0 Å². The molecule has 0 saturated carbocycles. The van der Waals surface area contributed by atoms with Crippen molar-refractivity contribution in [2.45, 2.75) is 13.5 Å². The zero-order valence-corrected chi connectivity index (χ0v) is 18.6. The smallest absolute Gasteiger partial charge is 0.263 e. The van der Waals surface area contributed by atoms with Gasteiger partial charge in [0, 0.05) is 32.7 Å². The molecule has 3 heterocycles. The zero-order valence-electron chi connectivity index (χ0n) is 17.8. The third-order valence-electron chi connectivity index (χ3n) is 4.78. The summed E-state index contributed by atoms with van der Waals surface area (Å²) in [6.07, 6.45) is 0. The molecule has 0 atom stereocenters. The number of ether oxygens (including phenoxy) is 1. The Morgan fingerprint density at radius 2 is 1.87 bits per heavy atom. The number of hydrogen-bond acceptors (Lipinski definition) is 9. The van der Waals surface area contributed by atoms with Crippen LogP contribution in [0.1, 0.15) is 21.2 Å². The van der Waals surface area contributed by atoms with Crippen molar-refractivity contribution in [3.8, 4) is 10.6 Å². The number of carbonyl (C=O) groups excluding carboxylic acids is 1. The summed E-state index contributed by atoms with van der Waals surface area (Å²) in [7, 11) is 3.76. The monoisotopic (exact) mass is 439 g/mol. The SMILES string of the molecule is Cc1nc(-c2ccccc2)sc1C(=O)NCc1nc(N(C)C)nc(N2CCOCC2)n1. The molecule has 1 fully saturated rings. The molecular formula is C21H25N7O2S. The van der Waals surface area contributed by atoms with Gasteiger partial charge >= 0.3 is 0 Å². The molecule has 3 aromatic rings. The molecule has 4 rings (SSSR count). The zero-order chi connectivity index (χ0) is 21.8. The van der Waals surface area contributed by atoms with Crippen LogP contribution in [-0.4, -0.2) is 66.2 Å². The van der Waals surface area contributed by atoms with E-state index in [1.807, 2.05) is 56.3 Å². The van der Waals surface area contributed by atoms with E-state index in [2.05, 4.69) is 30.2 Å². The van der Waals surface area contributed by atoms with Gasteiger partial charge in [0.25, 0.3) is 5.91 Å². The number of benzene rings is 1. The second kappa shape index (κ2) is 9.36. The molecule has 10 heteroatoms. The minimum absolute atomic E-state index is 0.183. The van der Waals surface area contributed by atoms with E-state index in [1.54, 1.807) is 0 Å². The largest absolute Gasteiger partial charge is 0.378 e. The van der Waals surface area contributed by atoms with Gasteiger partial charge in [-0.2, -0.15) is 15.0 Å². The van der Waals surface area contributed by atoms with E-state index in [0.29, 0.717) is 41.5 Å². The van der Waals surface area contributed by atoms with Crippen LogP contribution in [0.2, 0.25) is 0 Å². The topological polar surface area (TPSA) is 96.4 Å². The third-order valence-corrected chi connectivity index (χ3v) is 5.99. The molecule has 1 aromatic carbocycles. The summed E-state index contributed by atoms with van der Waals surface area (Å²) in [5.74, 6) is 1.49. The highest BCUT2D eigenvalue weighted by Gasteiger charge is 2.19. The van der Waals surface area contributed by atoms with Gasteiger partial charge in [-0.05, 0) is 6.92 Å². The van der Waals surface area contributed by atoms with Gasteiger partial charge in [0.1, 0.15) is 9.88 Å². The van der Waals surface area contributed by atoms with Crippen molar-refractivity contribution in [2.24, 2.45) is 0 Å². The quantitative estimate of drug-likeness (QED) is 0.624. The normalized spacial score (nSPS) is 13.8. The minimum Gasteiger partial charge on any atom is -0.378 e. The highest BCUT2D eigenvalue weighted by atomic mass is 32.1. The first kappa shape index (κ1) is 21.1. The van der Waals surface area contributed by atoms with Crippen molar-refractivity contribution in [1.82, 2.24) is 25.3 Å². The Morgan fingerprint density at radius 3 is 2.58 bits per heavy atom. The lowest BCUT2D eigenvalue weighted by Crippen LogP contribution is -2.38. The van der Waals surface area contributed by atoms with Gasteiger partial charge in [-0.15, -0.1) is 11.3 Å². The van der Waals surface area contributed by atoms with E-state index in [0.717, 1.165) is 23.7 Å². The van der Waals surface area contributed by atoms with Crippen molar-refractivity contribution in [1.29, 1.82) is 0 Å². The maximum atomic E-state index is 12.8. The molecule has 0 aliphatic carbocycles. The van der Waals surface area contributed by atoms with Crippen LogP contribution in [0.5, 0.6) is 0 Å². The predicted octanol–water partition coefficient (Wildman–Crippen LogP) is 2.14.